The summed E-state index contributed by atoms with van der Waals surface area (Å²) < 4.78 is 5.21. The van der Waals surface area contributed by atoms with Gasteiger partial charge < -0.3 is 4.74 Å². The van der Waals surface area contributed by atoms with Gasteiger partial charge in [0.2, 0.25) is 0 Å². The summed E-state index contributed by atoms with van der Waals surface area (Å²) >= 11 is 0. The molecule has 0 aromatic rings. The average molecular weight is 318 g/mol. The Hall–Kier alpha value is -0.860. The first-order valence-electron chi connectivity index (χ1n) is 9.47. The Morgan fingerprint density at radius 2 is 1.87 bits per heavy atom. The van der Waals surface area contributed by atoms with Crippen LogP contribution < -0.4 is 0 Å². The highest BCUT2D eigenvalue weighted by Crippen LogP contribution is 2.70. The van der Waals surface area contributed by atoms with Crippen molar-refractivity contribution in [3.8, 4) is 0 Å². The van der Waals surface area contributed by atoms with E-state index >= 15 is 0 Å². The van der Waals surface area contributed by atoms with E-state index in [1.165, 1.54) is 20.0 Å². The number of esters is 1. The molecule has 128 valence electrons. The monoisotopic (exact) mass is 318 g/mol. The van der Waals surface area contributed by atoms with Gasteiger partial charge in [0.05, 0.1) is 12.5 Å². The number of fused-ring (bicyclic) bond motifs is 3. The summed E-state index contributed by atoms with van der Waals surface area (Å²) in [4.78, 5) is 25.0. The van der Waals surface area contributed by atoms with Crippen molar-refractivity contribution < 1.29 is 14.3 Å². The average Bonchev–Trinajstić information content (AvgIpc) is 2.75. The smallest absolute Gasteiger partial charge is 0.311 e. The van der Waals surface area contributed by atoms with Crippen molar-refractivity contribution in [1.82, 2.24) is 0 Å². The van der Waals surface area contributed by atoms with Crippen LogP contribution in [-0.2, 0) is 14.3 Å². The van der Waals surface area contributed by atoms with E-state index in [-0.39, 0.29) is 22.2 Å². The van der Waals surface area contributed by atoms with E-state index < -0.39 is 0 Å². The van der Waals surface area contributed by atoms with Gasteiger partial charge in [0.1, 0.15) is 5.78 Å². The summed E-state index contributed by atoms with van der Waals surface area (Å²) in [6, 6.07) is 0. The second-order valence-corrected chi connectivity index (χ2v) is 9.40. The zero-order valence-electron chi connectivity index (χ0n) is 14.8. The summed E-state index contributed by atoms with van der Waals surface area (Å²) in [6.07, 6.45) is 9.77. The third-order valence-electron chi connectivity index (χ3n) is 8.53. The molecule has 0 unspecified atom stereocenters. The van der Waals surface area contributed by atoms with E-state index in [0.29, 0.717) is 23.5 Å². The van der Waals surface area contributed by atoms with Crippen LogP contribution in [0.3, 0.4) is 0 Å². The Labute approximate surface area is 139 Å². The van der Waals surface area contributed by atoms with Crippen LogP contribution in [0.15, 0.2) is 0 Å². The fraction of sp³-hybridized carbons (Fsp3) is 0.900. The van der Waals surface area contributed by atoms with Gasteiger partial charge in [-0.05, 0) is 74.5 Å². The van der Waals surface area contributed by atoms with E-state index in [1.54, 1.807) is 0 Å². The Morgan fingerprint density at radius 1 is 1.09 bits per heavy atom. The maximum atomic E-state index is 12.6. The van der Waals surface area contributed by atoms with Crippen molar-refractivity contribution in [2.24, 2.45) is 34.0 Å². The molecule has 4 fully saturated rings. The van der Waals surface area contributed by atoms with E-state index in [2.05, 4.69) is 13.8 Å². The number of rotatable bonds is 1. The van der Waals surface area contributed by atoms with Gasteiger partial charge in [0.25, 0.3) is 0 Å². The number of hydrogen-bond donors (Lipinski definition) is 0. The molecule has 0 aromatic carbocycles. The summed E-state index contributed by atoms with van der Waals surface area (Å²) in [5, 5.41) is 0. The second kappa shape index (κ2) is 4.83. The van der Waals surface area contributed by atoms with Crippen LogP contribution in [-0.4, -0.2) is 18.9 Å². The second-order valence-electron chi connectivity index (χ2n) is 9.40. The molecule has 0 aromatic heterocycles. The molecular formula is C20H30O3. The molecule has 0 radical (unpaired) electrons. The normalized spacial score (nSPS) is 51.8. The van der Waals surface area contributed by atoms with Crippen LogP contribution in [0.2, 0.25) is 0 Å². The predicted molar refractivity (Wildman–Crippen MR) is 87.7 cm³/mol. The SMILES string of the molecule is COC(=O)[C@@]1(C)CCC[C@@]2(C)[C@@H]3CC[C@@H]4C[C@@]3(CC[C@@H]21)CC4=O. The molecule has 0 N–H and O–H groups in total. The van der Waals surface area contributed by atoms with E-state index in [0.717, 1.165) is 44.9 Å². The maximum absolute atomic E-state index is 12.6. The number of ether oxygens (including phenoxy) is 1. The van der Waals surface area contributed by atoms with Gasteiger partial charge in [-0.3, -0.25) is 9.59 Å². The van der Waals surface area contributed by atoms with Crippen molar-refractivity contribution in [2.45, 2.75) is 71.6 Å². The maximum Gasteiger partial charge on any atom is 0.311 e. The molecule has 2 bridgehead atoms. The van der Waals surface area contributed by atoms with Gasteiger partial charge in [-0.2, -0.15) is 0 Å². The van der Waals surface area contributed by atoms with Crippen molar-refractivity contribution in [1.29, 1.82) is 0 Å². The van der Waals surface area contributed by atoms with Crippen LogP contribution in [0.1, 0.15) is 71.6 Å². The van der Waals surface area contributed by atoms with Crippen molar-refractivity contribution >= 4 is 11.8 Å². The number of hydrogen-bond acceptors (Lipinski definition) is 3. The molecule has 4 aliphatic rings. The molecule has 4 rings (SSSR count). The third-order valence-corrected chi connectivity index (χ3v) is 8.53. The van der Waals surface area contributed by atoms with E-state index in [9.17, 15) is 9.59 Å². The molecule has 6 atom stereocenters. The molecule has 0 aliphatic heterocycles. The van der Waals surface area contributed by atoms with Gasteiger partial charge in [-0.25, -0.2) is 0 Å². The third kappa shape index (κ3) is 1.88. The van der Waals surface area contributed by atoms with Crippen LogP contribution >= 0.6 is 0 Å². The number of ketones is 1. The molecule has 3 heteroatoms. The highest BCUT2D eigenvalue weighted by molar-refractivity contribution is 5.84. The van der Waals surface area contributed by atoms with Gasteiger partial charge in [-0.1, -0.05) is 13.3 Å². The topological polar surface area (TPSA) is 43.4 Å². The van der Waals surface area contributed by atoms with Crippen molar-refractivity contribution in [2.75, 3.05) is 7.11 Å². The quantitative estimate of drug-likeness (QED) is 0.682. The standard InChI is InChI=1S/C20H30O3/c1-18-8-4-9-19(2,17(22)23-3)15(18)7-10-20-11-13(14(21)12-20)5-6-16(18)20/h13,15-16H,4-12H2,1-3H3/t13-,15+,16+,18-,19+,20+/m1/s1. The predicted octanol–water partition coefficient (Wildman–Crippen LogP) is 4.14. The Morgan fingerprint density at radius 3 is 2.61 bits per heavy atom. The van der Waals surface area contributed by atoms with Gasteiger partial charge in [-0.15, -0.1) is 0 Å². The molecule has 1 spiro atoms. The van der Waals surface area contributed by atoms with Gasteiger partial charge in [0.15, 0.2) is 0 Å². The van der Waals surface area contributed by atoms with E-state index in [1.807, 2.05) is 0 Å². The van der Waals surface area contributed by atoms with E-state index in [4.69, 9.17) is 4.74 Å². The molecule has 4 saturated carbocycles. The lowest BCUT2D eigenvalue weighted by Crippen LogP contribution is -2.58. The van der Waals surface area contributed by atoms with Crippen LogP contribution in [0.4, 0.5) is 0 Å². The molecule has 3 nitrogen and oxygen atoms in total. The fourth-order valence-corrected chi connectivity index (χ4v) is 7.65. The zero-order chi connectivity index (χ0) is 16.5. The minimum absolute atomic E-state index is 0.0134. The first-order valence-corrected chi connectivity index (χ1v) is 9.47. The van der Waals surface area contributed by atoms with Crippen molar-refractivity contribution in [3.63, 3.8) is 0 Å². The molecule has 4 aliphatic carbocycles. The lowest BCUT2D eigenvalue weighted by molar-refractivity contribution is -0.183. The van der Waals surface area contributed by atoms with Gasteiger partial charge in [0, 0.05) is 12.3 Å². The Kier molecular flexibility index (Phi) is 3.29. The summed E-state index contributed by atoms with van der Waals surface area (Å²) in [5.41, 5.74) is 0.136. The Bertz CT molecular complexity index is 555. The van der Waals surface area contributed by atoms with Gasteiger partial charge >= 0.3 is 5.97 Å². The fourth-order valence-electron chi connectivity index (χ4n) is 7.65. The van der Waals surface area contributed by atoms with Crippen LogP contribution in [0, 0.1) is 34.0 Å². The van der Waals surface area contributed by atoms with Crippen molar-refractivity contribution in [3.05, 3.63) is 0 Å². The zero-order valence-corrected chi connectivity index (χ0v) is 14.8. The molecule has 0 saturated heterocycles. The summed E-state index contributed by atoms with van der Waals surface area (Å²) in [7, 11) is 1.53. The first kappa shape index (κ1) is 15.7. The minimum atomic E-state index is -0.331. The number of carbonyl (C=O) groups is 2. The summed E-state index contributed by atoms with van der Waals surface area (Å²) in [5.74, 6) is 1.91. The molecule has 0 heterocycles. The molecule has 23 heavy (non-hydrogen) atoms. The lowest BCUT2D eigenvalue weighted by Gasteiger charge is -2.63. The highest BCUT2D eigenvalue weighted by atomic mass is 16.5. The minimum Gasteiger partial charge on any atom is -0.469 e. The lowest BCUT2D eigenvalue weighted by atomic mass is 9.41. The van der Waals surface area contributed by atoms with Crippen LogP contribution in [0.25, 0.3) is 0 Å². The van der Waals surface area contributed by atoms with Crippen LogP contribution in [0.5, 0.6) is 0 Å². The number of carbonyl (C=O) groups excluding carboxylic acids is 2. The molecule has 0 amide bonds. The number of methoxy groups -OCH3 is 1. The number of Topliss-reactive ketones (excluding diaryl/α,β-unsaturated/α-hetero) is 1. The Balaban J connectivity index is 1.73. The molecular weight excluding hydrogens is 288 g/mol. The largest absolute Gasteiger partial charge is 0.469 e. The highest BCUT2D eigenvalue weighted by Gasteiger charge is 2.66. The summed E-state index contributed by atoms with van der Waals surface area (Å²) in [6.45, 7) is 4.58. The first-order chi connectivity index (χ1) is 10.9.